The van der Waals surface area contributed by atoms with Gasteiger partial charge in [-0.25, -0.2) is 9.37 Å². The Morgan fingerprint density at radius 2 is 2.10 bits per heavy atom. The molecule has 110 valence electrons. The van der Waals surface area contributed by atoms with Crippen molar-refractivity contribution < 1.29 is 17.6 Å². The number of anilines is 1. The summed E-state index contributed by atoms with van der Waals surface area (Å²) in [5.41, 5.74) is 0.0648. The number of thiol groups is 1. The van der Waals surface area contributed by atoms with E-state index in [-0.39, 0.29) is 21.3 Å². The van der Waals surface area contributed by atoms with Crippen LogP contribution >= 0.6 is 24.2 Å². The van der Waals surface area contributed by atoms with Crippen molar-refractivity contribution >= 4 is 29.2 Å². The van der Waals surface area contributed by atoms with Crippen molar-refractivity contribution in [1.82, 2.24) is 9.97 Å². The SMILES string of the molecule is N#Cc1nc(-c2cncc(F)c2)sc1N(S)CC(F)(F)F. The first kappa shape index (κ1) is 15.5. The number of nitriles is 1. The molecule has 21 heavy (non-hydrogen) atoms. The van der Waals surface area contributed by atoms with Crippen LogP contribution in [0.1, 0.15) is 5.69 Å². The molecule has 2 rings (SSSR count). The van der Waals surface area contributed by atoms with Gasteiger partial charge in [-0.05, 0) is 6.07 Å². The molecular formula is C11H6F4N4S2. The molecule has 2 heterocycles. The number of alkyl halides is 3. The van der Waals surface area contributed by atoms with Crippen molar-refractivity contribution in [2.45, 2.75) is 6.18 Å². The second kappa shape index (κ2) is 5.87. The van der Waals surface area contributed by atoms with Gasteiger partial charge in [0.15, 0.2) is 5.69 Å². The monoisotopic (exact) mass is 334 g/mol. The van der Waals surface area contributed by atoms with E-state index in [1.165, 1.54) is 6.20 Å². The maximum atomic E-state index is 13.1. The van der Waals surface area contributed by atoms with Crippen LogP contribution in [0.15, 0.2) is 18.5 Å². The third-order valence-corrected chi connectivity index (χ3v) is 3.83. The Morgan fingerprint density at radius 3 is 2.67 bits per heavy atom. The summed E-state index contributed by atoms with van der Waals surface area (Å²) in [7, 11) is 0. The molecule has 10 heteroatoms. The number of halogens is 4. The zero-order valence-electron chi connectivity index (χ0n) is 10.1. The molecule has 0 saturated heterocycles. The van der Waals surface area contributed by atoms with Crippen molar-refractivity contribution in [3.05, 3.63) is 30.0 Å². The largest absolute Gasteiger partial charge is 0.406 e. The molecular weight excluding hydrogens is 328 g/mol. The van der Waals surface area contributed by atoms with E-state index in [9.17, 15) is 17.6 Å². The lowest BCUT2D eigenvalue weighted by Crippen LogP contribution is -2.27. The fourth-order valence-electron chi connectivity index (χ4n) is 1.45. The normalized spacial score (nSPS) is 11.2. The van der Waals surface area contributed by atoms with Gasteiger partial charge in [-0.2, -0.15) is 18.4 Å². The fourth-order valence-corrected chi connectivity index (χ4v) is 2.74. The first-order valence-corrected chi connectivity index (χ1v) is 6.57. The van der Waals surface area contributed by atoms with Crippen LogP contribution in [-0.2, 0) is 0 Å². The van der Waals surface area contributed by atoms with Gasteiger partial charge in [-0.15, -0.1) is 0 Å². The molecule has 0 aliphatic rings. The standard InChI is InChI=1S/C11H6F4N4S2/c12-7-1-6(3-17-4-7)9-18-8(2-16)10(21-9)19(20)5-11(13,14)15/h1,3-4,20H,5H2. The highest BCUT2D eigenvalue weighted by atomic mass is 32.1. The third kappa shape index (κ3) is 3.83. The van der Waals surface area contributed by atoms with Crippen molar-refractivity contribution in [3.63, 3.8) is 0 Å². The molecule has 0 atom stereocenters. The maximum Gasteiger partial charge on any atom is 0.406 e. The van der Waals surface area contributed by atoms with Gasteiger partial charge < -0.3 is 0 Å². The Morgan fingerprint density at radius 1 is 1.38 bits per heavy atom. The van der Waals surface area contributed by atoms with Gasteiger partial charge in [0.25, 0.3) is 0 Å². The molecule has 0 saturated carbocycles. The Balaban J connectivity index is 2.38. The Labute approximate surface area is 126 Å². The van der Waals surface area contributed by atoms with E-state index in [1.807, 2.05) is 0 Å². The van der Waals surface area contributed by atoms with Crippen molar-refractivity contribution in [3.8, 4) is 16.6 Å². The minimum atomic E-state index is -4.47. The maximum absolute atomic E-state index is 13.1. The summed E-state index contributed by atoms with van der Waals surface area (Å²) in [5, 5.41) is 9.07. The van der Waals surface area contributed by atoms with Gasteiger partial charge in [-0.3, -0.25) is 9.29 Å². The van der Waals surface area contributed by atoms with E-state index in [0.29, 0.717) is 4.31 Å². The molecule has 0 unspecified atom stereocenters. The number of aromatic nitrogens is 2. The van der Waals surface area contributed by atoms with Crippen LogP contribution in [0.5, 0.6) is 0 Å². The predicted molar refractivity (Wildman–Crippen MR) is 72.4 cm³/mol. The molecule has 0 fully saturated rings. The summed E-state index contributed by atoms with van der Waals surface area (Å²) < 4.78 is 50.8. The zero-order chi connectivity index (χ0) is 15.6. The van der Waals surface area contributed by atoms with E-state index >= 15 is 0 Å². The molecule has 0 spiro atoms. The molecule has 0 aromatic carbocycles. The van der Waals surface area contributed by atoms with E-state index in [0.717, 1.165) is 23.6 Å². The summed E-state index contributed by atoms with van der Waals surface area (Å²) in [6.45, 7) is -1.34. The number of rotatable bonds is 3. The number of nitrogens with zero attached hydrogens (tertiary/aromatic N) is 4. The Bertz CT molecular complexity index is 692. The molecule has 0 bridgehead atoms. The van der Waals surface area contributed by atoms with Crippen LogP contribution in [0.2, 0.25) is 0 Å². The topological polar surface area (TPSA) is 52.8 Å². The van der Waals surface area contributed by atoms with Crippen molar-refractivity contribution in [2.75, 3.05) is 10.8 Å². The number of pyridine rings is 1. The molecule has 0 aliphatic carbocycles. The van der Waals surface area contributed by atoms with E-state index in [4.69, 9.17) is 5.26 Å². The van der Waals surface area contributed by atoms with Crippen LogP contribution < -0.4 is 4.31 Å². The van der Waals surface area contributed by atoms with Gasteiger partial charge in [0.05, 0.1) is 6.20 Å². The minimum absolute atomic E-state index is 0.0579. The quantitative estimate of drug-likeness (QED) is 0.690. The smallest absolute Gasteiger partial charge is 0.298 e. The third-order valence-electron chi connectivity index (χ3n) is 2.23. The number of hydrogen-bond acceptors (Lipinski definition) is 6. The number of thiazole rings is 1. The van der Waals surface area contributed by atoms with Crippen LogP contribution in [0, 0.1) is 17.1 Å². The van der Waals surface area contributed by atoms with Gasteiger partial charge in [0.2, 0.25) is 0 Å². The molecule has 2 aromatic heterocycles. The first-order chi connectivity index (χ1) is 9.80. The highest BCUT2D eigenvalue weighted by molar-refractivity contribution is 7.82. The first-order valence-electron chi connectivity index (χ1n) is 5.35. The summed E-state index contributed by atoms with van der Waals surface area (Å²) >= 11 is 4.53. The van der Waals surface area contributed by atoms with Crippen molar-refractivity contribution in [1.29, 1.82) is 5.26 Å². The van der Waals surface area contributed by atoms with Crippen LogP contribution in [0.4, 0.5) is 22.6 Å². The lowest BCUT2D eigenvalue weighted by molar-refractivity contribution is -0.117. The van der Waals surface area contributed by atoms with E-state index in [2.05, 4.69) is 22.8 Å². The van der Waals surface area contributed by atoms with E-state index < -0.39 is 18.5 Å². The lowest BCUT2D eigenvalue weighted by Gasteiger charge is -2.16. The Kier molecular flexibility index (Phi) is 4.34. The summed E-state index contributed by atoms with van der Waals surface area (Å²) in [4.78, 5) is 7.51. The second-order valence-electron chi connectivity index (χ2n) is 3.85. The van der Waals surface area contributed by atoms with E-state index in [1.54, 1.807) is 6.07 Å². The van der Waals surface area contributed by atoms with Gasteiger partial charge in [0, 0.05) is 11.8 Å². The molecule has 4 nitrogen and oxygen atoms in total. The molecule has 0 amide bonds. The molecule has 0 N–H and O–H groups in total. The lowest BCUT2D eigenvalue weighted by atomic mass is 10.3. The summed E-state index contributed by atoms with van der Waals surface area (Å²) in [5.74, 6) is -0.610. The fraction of sp³-hybridized carbons (Fsp3) is 0.182. The zero-order valence-corrected chi connectivity index (χ0v) is 11.8. The van der Waals surface area contributed by atoms with Gasteiger partial charge in [-0.1, -0.05) is 24.2 Å². The average Bonchev–Trinajstić information content (AvgIpc) is 2.81. The summed E-state index contributed by atoms with van der Waals surface area (Å²) in [6, 6.07) is 2.82. The average molecular weight is 334 g/mol. The minimum Gasteiger partial charge on any atom is -0.298 e. The molecule has 0 aliphatic heterocycles. The van der Waals surface area contributed by atoms with Crippen LogP contribution in [-0.4, -0.2) is 22.7 Å². The van der Waals surface area contributed by atoms with Crippen LogP contribution in [0.3, 0.4) is 0 Å². The highest BCUT2D eigenvalue weighted by Gasteiger charge is 2.32. The number of hydrogen-bond donors (Lipinski definition) is 1. The van der Waals surface area contributed by atoms with Crippen molar-refractivity contribution in [2.24, 2.45) is 0 Å². The summed E-state index contributed by atoms with van der Waals surface area (Å²) in [6.07, 6.45) is -2.18. The second-order valence-corrected chi connectivity index (χ2v) is 5.31. The van der Waals surface area contributed by atoms with Gasteiger partial charge in [0.1, 0.15) is 28.4 Å². The van der Waals surface area contributed by atoms with Gasteiger partial charge >= 0.3 is 6.18 Å². The highest BCUT2D eigenvalue weighted by Crippen LogP contribution is 2.36. The molecule has 2 aromatic rings. The molecule has 0 radical (unpaired) electrons. The Hall–Kier alpha value is -1.86. The van der Waals surface area contributed by atoms with Crippen LogP contribution in [0.25, 0.3) is 10.6 Å². The predicted octanol–water partition coefficient (Wildman–Crippen LogP) is 3.43.